The van der Waals surface area contributed by atoms with E-state index in [4.69, 9.17) is 9.47 Å². The molecule has 6 N–H and O–H groups in total. The van der Waals surface area contributed by atoms with E-state index in [1.165, 1.54) is 212 Å². The van der Waals surface area contributed by atoms with E-state index in [0.717, 1.165) is 38.5 Å². The zero-order valence-corrected chi connectivity index (χ0v) is 40.9. The lowest BCUT2D eigenvalue weighted by Crippen LogP contribution is -2.60. The van der Waals surface area contributed by atoms with Crippen LogP contribution in [0.3, 0.4) is 0 Å². The molecule has 0 bridgehead atoms. The Bertz CT molecular complexity index is 939. The third-order valence-corrected chi connectivity index (χ3v) is 13.5. The number of nitrogens with one attached hydrogen (secondary N) is 1. The van der Waals surface area contributed by atoms with Crippen LogP contribution in [0.5, 0.6) is 0 Å². The van der Waals surface area contributed by atoms with Crippen LogP contribution in [-0.2, 0) is 14.3 Å². The van der Waals surface area contributed by atoms with Crippen LogP contribution in [-0.4, -0.2) is 87.5 Å². The van der Waals surface area contributed by atoms with Crippen LogP contribution < -0.4 is 5.32 Å². The molecule has 1 aliphatic heterocycles. The Balaban J connectivity index is 2.18. The second kappa shape index (κ2) is 44.0. The highest BCUT2D eigenvalue weighted by Gasteiger charge is 2.44. The van der Waals surface area contributed by atoms with Crippen molar-refractivity contribution < 1.29 is 39.8 Å². The maximum atomic E-state index is 13.0. The van der Waals surface area contributed by atoms with E-state index < -0.39 is 49.5 Å². The van der Waals surface area contributed by atoms with Gasteiger partial charge in [0.15, 0.2) is 6.29 Å². The van der Waals surface area contributed by atoms with Crippen molar-refractivity contribution in [1.82, 2.24) is 5.32 Å². The number of hydrogen-bond donors (Lipinski definition) is 6. The fourth-order valence-electron chi connectivity index (χ4n) is 9.11. The fraction of sp³-hybridized carbons (Fsp3) is 0.981. The lowest BCUT2D eigenvalue weighted by molar-refractivity contribution is -0.302. The van der Waals surface area contributed by atoms with E-state index in [9.17, 15) is 30.3 Å². The lowest BCUT2D eigenvalue weighted by Gasteiger charge is -2.40. The third-order valence-electron chi connectivity index (χ3n) is 13.5. The summed E-state index contributed by atoms with van der Waals surface area (Å²) < 4.78 is 11.3. The fourth-order valence-corrected chi connectivity index (χ4v) is 9.11. The van der Waals surface area contributed by atoms with E-state index in [1.54, 1.807) is 0 Å². The lowest BCUT2D eigenvalue weighted by atomic mass is 9.99. The Morgan fingerprint density at radius 3 is 1.15 bits per heavy atom. The van der Waals surface area contributed by atoms with E-state index in [-0.39, 0.29) is 12.5 Å². The monoisotopic (exact) mass is 884 g/mol. The molecule has 0 saturated carbocycles. The molecule has 0 spiro atoms. The number of ether oxygens (including phenoxy) is 2. The highest BCUT2D eigenvalue weighted by atomic mass is 16.7. The van der Waals surface area contributed by atoms with Crippen molar-refractivity contribution in [2.75, 3.05) is 13.2 Å². The molecule has 9 nitrogen and oxygen atoms in total. The summed E-state index contributed by atoms with van der Waals surface area (Å²) in [4.78, 5) is 13.0. The SMILES string of the molecule is CCCCCCCCCCCCCCCCCCCCCCCCCCCC(=O)N[C@@H](CO[C@@H]1O[C@H](CO)[C@@H](O)C(O)C1O)[C@H](O)CCCCCCCCCCCCCCCC. The van der Waals surface area contributed by atoms with Crippen LogP contribution in [0.2, 0.25) is 0 Å². The molecule has 0 aromatic carbocycles. The summed E-state index contributed by atoms with van der Waals surface area (Å²) in [6.45, 7) is 3.87. The van der Waals surface area contributed by atoms with Crippen LogP contribution in [0.1, 0.15) is 277 Å². The summed E-state index contributed by atoms with van der Waals surface area (Å²) in [5.41, 5.74) is 0. The van der Waals surface area contributed by atoms with Crippen molar-refractivity contribution >= 4 is 5.91 Å². The number of carbonyl (C=O) groups excluding carboxylic acids is 1. The molecular formula is C53H105NO8. The highest BCUT2D eigenvalue weighted by Crippen LogP contribution is 2.23. The zero-order chi connectivity index (χ0) is 45.1. The molecule has 0 radical (unpaired) electrons. The predicted molar refractivity (Wildman–Crippen MR) is 258 cm³/mol. The predicted octanol–water partition coefficient (Wildman–Crippen LogP) is 12.7. The van der Waals surface area contributed by atoms with Gasteiger partial charge in [-0.2, -0.15) is 0 Å². The molecule has 7 atom stereocenters. The minimum Gasteiger partial charge on any atom is -0.394 e. The summed E-state index contributed by atoms with van der Waals surface area (Å²) in [5.74, 6) is -0.138. The van der Waals surface area contributed by atoms with Gasteiger partial charge in [0, 0.05) is 6.42 Å². The van der Waals surface area contributed by atoms with E-state index in [1.807, 2.05) is 0 Å². The van der Waals surface area contributed by atoms with Gasteiger partial charge >= 0.3 is 0 Å². The molecule has 1 amide bonds. The van der Waals surface area contributed by atoms with E-state index in [0.29, 0.717) is 12.8 Å². The molecule has 1 fully saturated rings. The summed E-state index contributed by atoms with van der Waals surface area (Å²) >= 11 is 0. The smallest absolute Gasteiger partial charge is 0.220 e. The van der Waals surface area contributed by atoms with Gasteiger partial charge in [-0.05, 0) is 12.8 Å². The first kappa shape index (κ1) is 59.2. The number of carbonyl (C=O) groups is 1. The van der Waals surface area contributed by atoms with Crippen molar-refractivity contribution in [3.8, 4) is 0 Å². The Morgan fingerprint density at radius 2 is 0.806 bits per heavy atom. The van der Waals surface area contributed by atoms with Gasteiger partial charge in [-0.3, -0.25) is 4.79 Å². The summed E-state index contributed by atoms with van der Waals surface area (Å²) in [6.07, 6.45) is 44.1. The quantitative estimate of drug-likeness (QED) is 0.0331. The van der Waals surface area contributed by atoms with E-state index in [2.05, 4.69) is 19.2 Å². The van der Waals surface area contributed by atoms with Gasteiger partial charge in [0.05, 0.1) is 25.4 Å². The van der Waals surface area contributed by atoms with Crippen LogP contribution in [0.25, 0.3) is 0 Å². The van der Waals surface area contributed by atoms with Gasteiger partial charge in [-0.15, -0.1) is 0 Å². The molecule has 0 aromatic heterocycles. The number of aliphatic hydroxyl groups excluding tert-OH is 5. The average Bonchev–Trinajstić information content (AvgIpc) is 3.27. The first-order chi connectivity index (χ1) is 30.3. The van der Waals surface area contributed by atoms with Crippen LogP contribution in [0.15, 0.2) is 0 Å². The Kier molecular flexibility index (Phi) is 42.1. The number of rotatable bonds is 47. The standard InChI is InChI=1S/C53H105NO8/c1-3-5-7-9-11-13-15-17-19-20-21-22-23-24-25-26-27-28-29-31-33-35-37-39-41-43-49(57)54-46(45-61-53-52(60)51(59)50(58)48(44-55)62-53)47(56)42-40-38-36-34-32-30-18-16-14-12-10-8-6-4-2/h46-48,50-53,55-56,58-60H,3-45H2,1-2H3,(H,54,57)/t46-,47+,48+,50+,51?,52?,53+/m0/s1. The summed E-state index contributed by atoms with van der Waals surface area (Å²) in [7, 11) is 0. The summed E-state index contributed by atoms with van der Waals surface area (Å²) in [6, 6.07) is -0.712. The van der Waals surface area contributed by atoms with Crippen molar-refractivity contribution in [2.45, 2.75) is 320 Å². The molecular weight excluding hydrogens is 779 g/mol. The van der Waals surface area contributed by atoms with Gasteiger partial charge in [0.1, 0.15) is 24.4 Å². The summed E-state index contributed by atoms with van der Waals surface area (Å²) in [5, 5.41) is 54.5. The molecule has 0 aliphatic carbocycles. The number of aliphatic hydroxyl groups is 5. The van der Waals surface area contributed by atoms with Gasteiger partial charge in [-0.1, -0.05) is 258 Å². The normalized spacial score (nSPS) is 20.1. The van der Waals surface area contributed by atoms with Crippen molar-refractivity contribution in [1.29, 1.82) is 0 Å². The van der Waals surface area contributed by atoms with Gasteiger partial charge in [0.2, 0.25) is 5.91 Å². The number of hydrogen-bond acceptors (Lipinski definition) is 8. The average molecular weight is 884 g/mol. The highest BCUT2D eigenvalue weighted by molar-refractivity contribution is 5.76. The Hall–Kier alpha value is -0.810. The van der Waals surface area contributed by atoms with Crippen LogP contribution in [0, 0.1) is 0 Å². The Labute approximate surface area is 383 Å². The topological polar surface area (TPSA) is 149 Å². The third kappa shape index (κ3) is 33.6. The van der Waals surface area contributed by atoms with Crippen LogP contribution in [0.4, 0.5) is 0 Å². The number of unbranched alkanes of at least 4 members (excludes halogenated alkanes) is 37. The minimum absolute atomic E-state index is 0.131. The van der Waals surface area contributed by atoms with Crippen molar-refractivity contribution in [3.63, 3.8) is 0 Å². The first-order valence-corrected chi connectivity index (χ1v) is 27.2. The molecule has 1 saturated heterocycles. The van der Waals surface area contributed by atoms with Crippen molar-refractivity contribution in [3.05, 3.63) is 0 Å². The zero-order valence-electron chi connectivity index (χ0n) is 40.9. The molecule has 370 valence electrons. The van der Waals surface area contributed by atoms with Gasteiger partial charge in [0.25, 0.3) is 0 Å². The molecule has 2 unspecified atom stereocenters. The molecule has 62 heavy (non-hydrogen) atoms. The minimum atomic E-state index is -1.55. The molecule has 9 heteroatoms. The maximum absolute atomic E-state index is 13.0. The molecule has 1 aliphatic rings. The molecule has 1 rings (SSSR count). The van der Waals surface area contributed by atoms with Gasteiger partial charge < -0.3 is 40.3 Å². The largest absolute Gasteiger partial charge is 0.394 e. The molecule has 1 heterocycles. The second-order valence-corrected chi connectivity index (χ2v) is 19.4. The van der Waals surface area contributed by atoms with Crippen molar-refractivity contribution in [2.24, 2.45) is 0 Å². The Morgan fingerprint density at radius 1 is 0.484 bits per heavy atom. The molecule has 0 aromatic rings. The van der Waals surface area contributed by atoms with Crippen LogP contribution >= 0.6 is 0 Å². The maximum Gasteiger partial charge on any atom is 0.220 e. The van der Waals surface area contributed by atoms with Gasteiger partial charge in [-0.25, -0.2) is 0 Å². The first-order valence-electron chi connectivity index (χ1n) is 27.2. The second-order valence-electron chi connectivity index (χ2n) is 19.4. The number of amides is 1. The van der Waals surface area contributed by atoms with E-state index >= 15 is 0 Å².